The normalized spacial score (nSPS) is 14.0. The quantitative estimate of drug-likeness (QED) is 0.746. The smallest absolute Gasteiger partial charge is 0.191 e. The van der Waals surface area contributed by atoms with E-state index in [4.69, 9.17) is 0 Å². The highest BCUT2D eigenvalue weighted by Gasteiger charge is 2.15. The molecule has 0 bridgehead atoms. The fourth-order valence-electron chi connectivity index (χ4n) is 2.18. The van der Waals surface area contributed by atoms with Crippen molar-refractivity contribution < 1.29 is 0 Å². The molecule has 2 atom stereocenters. The van der Waals surface area contributed by atoms with Gasteiger partial charge in [0.15, 0.2) is 5.82 Å². The van der Waals surface area contributed by atoms with E-state index in [1.807, 2.05) is 54.3 Å². The third-order valence-corrected chi connectivity index (χ3v) is 3.37. The monoisotopic (exact) mass is 283 g/mol. The van der Waals surface area contributed by atoms with Gasteiger partial charge < -0.3 is 5.32 Å². The Labute approximate surface area is 122 Å². The molecule has 0 fully saturated rings. The van der Waals surface area contributed by atoms with Crippen LogP contribution in [-0.4, -0.2) is 30.4 Å². The van der Waals surface area contributed by atoms with Crippen molar-refractivity contribution in [2.24, 2.45) is 0 Å². The summed E-state index contributed by atoms with van der Waals surface area (Å²) < 4.78 is 1.87. The third-order valence-electron chi connectivity index (χ3n) is 3.37. The first-order valence-electron chi connectivity index (χ1n) is 6.83. The molecule has 0 saturated heterocycles. The van der Waals surface area contributed by atoms with Crippen LogP contribution in [0.1, 0.15) is 37.3 Å². The number of tetrazole rings is 1. The lowest BCUT2D eigenvalue weighted by Crippen LogP contribution is -2.23. The lowest BCUT2D eigenvalue weighted by Gasteiger charge is -2.16. The molecule has 108 valence electrons. The van der Waals surface area contributed by atoms with Gasteiger partial charge in [0.2, 0.25) is 0 Å². The Morgan fingerprint density at radius 2 is 1.95 bits per heavy atom. The maximum Gasteiger partial charge on any atom is 0.191 e. The number of benzene rings is 1. The van der Waals surface area contributed by atoms with Crippen molar-refractivity contribution in [1.29, 1.82) is 0 Å². The number of para-hydroxylation sites is 1. The van der Waals surface area contributed by atoms with Crippen molar-refractivity contribution in [1.82, 2.24) is 35.7 Å². The Morgan fingerprint density at radius 3 is 2.67 bits per heavy atom. The second kappa shape index (κ2) is 5.84. The molecule has 0 aliphatic heterocycles. The minimum atomic E-state index is 0.0128. The van der Waals surface area contributed by atoms with Crippen molar-refractivity contribution in [2.75, 3.05) is 0 Å². The highest BCUT2D eigenvalue weighted by molar-refractivity contribution is 5.31. The lowest BCUT2D eigenvalue weighted by molar-refractivity contribution is 0.477. The predicted octanol–water partition coefficient (Wildman–Crippen LogP) is 1.80. The van der Waals surface area contributed by atoms with E-state index in [0.29, 0.717) is 5.82 Å². The Balaban J connectivity index is 1.71. The van der Waals surface area contributed by atoms with Crippen LogP contribution in [0.5, 0.6) is 0 Å². The molecule has 0 aliphatic carbocycles. The molecule has 0 saturated carbocycles. The number of hydrogen-bond acceptors (Lipinski definition) is 5. The number of hydrogen-bond donors (Lipinski definition) is 2. The summed E-state index contributed by atoms with van der Waals surface area (Å²) in [5.74, 6) is 0.650. The molecule has 2 heterocycles. The average molecular weight is 283 g/mol. The van der Waals surface area contributed by atoms with Crippen molar-refractivity contribution in [3.8, 4) is 5.69 Å². The zero-order chi connectivity index (χ0) is 14.7. The molecule has 0 spiro atoms. The third kappa shape index (κ3) is 2.97. The second-order valence-corrected chi connectivity index (χ2v) is 4.93. The minimum absolute atomic E-state index is 0.0128. The fraction of sp³-hybridized carbons (Fsp3) is 0.286. The summed E-state index contributed by atoms with van der Waals surface area (Å²) in [7, 11) is 0. The number of aromatic nitrogens is 6. The van der Waals surface area contributed by atoms with E-state index in [1.165, 1.54) is 0 Å². The van der Waals surface area contributed by atoms with Crippen LogP contribution in [0, 0.1) is 0 Å². The van der Waals surface area contributed by atoms with E-state index in [9.17, 15) is 0 Å². The maximum atomic E-state index is 4.40. The molecule has 3 aromatic rings. The zero-order valence-electron chi connectivity index (χ0n) is 11.9. The zero-order valence-corrected chi connectivity index (χ0v) is 11.9. The van der Waals surface area contributed by atoms with Gasteiger partial charge in [-0.2, -0.15) is 10.3 Å². The molecular formula is C14H17N7. The number of H-pyrrole nitrogens is 1. The lowest BCUT2D eigenvalue weighted by atomic mass is 10.1. The maximum absolute atomic E-state index is 4.40. The molecule has 2 aromatic heterocycles. The summed E-state index contributed by atoms with van der Waals surface area (Å²) in [5, 5.41) is 21.8. The summed E-state index contributed by atoms with van der Waals surface area (Å²) >= 11 is 0. The van der Waals surface area contributed by atoms with Crippen LogP contribution in [-0.2, 0) is 0 Å². The fourth-order valence-corrected chi connectivity index (χ4v) is 2.18. The van der Waals surface area contributed by atoms with Crippen molar-refractivity contribution in [3.05, 3.63) is 54.1 Å². The van der Waals surface area contributed by atoms with Gasteiger partial charge in [0.05, 0.1) is 17.9 Å². The molecule has 0 aliphatic rings. The van der Waals surface area contributed by atoms with Gasteiger partial charge in [0.25, 0.3) is 0 Å². The summed E-state index contributed by atoms with van der Waals surface area (Å²) in [5.41, 5.74) is 2.15. The highest BCUT2D eigenvalue weighted by Crippen LogP contribution is 2.17. The van der Waals surface area contributed by atoms with Crippen LogP contribution in [0.3, 0.4) is 0 Å². The molecule has 0 amide bonds. The van der Waals surface area contributed by atoms with Crippen LogP contribution in [0.15, 0.2) is 42.7 Å². The molecule has 2 N–H and O–H groups in total. The van der Waals surface area contributed by atoms with Crippen molar-refractivity contribution >= 4 is 0 Å². The topological polar surface area (TPSA) is 84.3 Å². The van der Waals surface area contributed by atoms with Crippen LogP contribution in [0.4, 0.5) is 0 Å². The van der Waals surface area contributed by atoms with Gasteiger partial charge >= 0.3 is 0 Å². The Kier molecular flexibility index (Phi) is 3.74. The van der Waals surface area contributed by atoms with Gasteiger partial charge in [-0.05, 0) is 26.0 Å². The van der Waals surface area contributed by atoms with Gasteiger partial charge in [-0.25, -0.2) is 4.68 Å². The predicted molar refractivity (Wildman–Crippen MR) is 77.7 cm³/mol. The molecule has 7 nitrogen and oxygen atoms in total. The van der Waals surface area contributed by atoms with E-state index in [0.717, 1.165) is 11.3 Å². The Morgan fingerprint density at radius 1 is 1.14 bits per heavy atom. The van der Waals surface area contributed by atoms with E-state index >= 15 is 0 Å². The minimum Gasteiger partial charge on any atom is -0.301 e. The first-order chi connectivity index (χ1) is 10.2. The van der Waals surface area contributed by atoms with Crippen molar-refractivity contribution in [3.63, 3.8) is 0 Å². The van der Waals surface area contributed by atoms with Crippen LogP contribution in [0.2, 0.25) is 0 Å². The molecule has 2 unspecified atom stereocenters. The average Bonchev–Trinajstić information content (AvgIpc) is 3.20. The Hall–Kier alpha value is -2.54. The van der Waals surface area contributed by atoms with E-state index in [-0.39, 0.29) is 12.1 Å². The standard InChI is InChI=1S/C14H17N7/c1-10(16-11(2)14-17-19-20-18-14)12-8-15-21(9-12)13-6-4-3-5-7-13/h3-11,16H,1-2H3,(H,17,18,19,20). The van der Waals surface area contributed by atoms with Gasteiger partial charge in [-0.1, -0.05) is 23.4 Å². The summed E-state index contributed by atoms with van der Waals surface area (Å²) in [4.78, 5) is 0. The molecule has 0 radical (unpaired) electrons. The molecule has 3 rings (SSSR count). The second-order valence-electron chi connectivity index (χ2n) is 4.93. The number of nitrogens with one attached hydrogen (secondary N) is 2. The van der Waals surface area contributed by atoms with E-state index < -0.39 is 0 Å². The SMILES string of the molecule is CC(NC(C)c1nn[nH]n1)c1cnn(-c2ccccc2)c1. The first-order valence-corrected chi connectivity index (χ1v) is 6.83. The van der Waals surface area contributed by atoms with Gasteiger partial charge in [-0.3, -0.25) is 0 Å². The van der Waals surface area contributed by atoms with Crippen LogP contribution in [0.25, 0.3) is 5.69 Å². The summed E-state index contributed by atoms with van der Waals surface area (Å²) in [6, 6.07) is 10.2. The number of aromatic amines is 1. The van der Waals surface area contributed by atoms with Gasteiger partial charge in [0.1, 0.15) is 0 Å². The molecule has 1 aromatic carbocycles. The Bertz CT molecular complexity index is 674. The van der Waals surface area contributed by atoms with Gasteiger partial charge in [-0.15, -0.1) is 10.2 Å². The number of rotatable bonds is 5. The number of nitrogens with zero attached hydrogens (tertiary/aromatic N) is 5. The van der Waals surface area contributed by atoms with E-state index in [2.05, 4.69) is 38.0 Å². The molecule has 21 heavy (non-hydrogen) atoms. The first kappa shape index (κ1) is 13.4. The largest absolute Gasteiger partial charge is 0.301 e. The molecular weight excluding hydrogens is 266 g/mol. The van der Waals surface area contributed by atoms with E-state index in [1.54, 1.807) is 0 Å². The van der Waals surface area contributed by atoms with Crippen LogP contribution >= 0.6 is 0 Å². The molecule has 7 heteroatoms. The van der Waals surface area contributed by atoms with Gasteiger partial charge in [0, 0.05) is 17.8 Å². The van der Waals surface area contributed by atoms with Crippen LogP contribution < -0.4 is 5.32 Å². The summed E-state index contributed by atoms with van der Waals surface area (Å²) in [6.07, 6.45) is 3.89. The van der Waals surface area contributed by atoms with Crippen molar-refractivity contribution in [2.45, 2.75) is 25.9 Å². The highest BCUT2D eigenvalue weighted by atomic mass is 15.5. The summed E-state index contributed by atoms with van der Waals surface area (Å²) in [6.45, 7) is 4.09.